The lowest BCUT2D eigenvalue weighted by molar-refractivity contribution is -0.0248. The van der Waals surface area contributed by atoms with Crippen LogP contribution in [0.15, 0.2) is 30.5 Å². The highest BCUT2D eigenvalue weighted by atomic mass is 19.2. The molecule has 1 aliphatic rings. The summed E-state index contributed by atoms with van der Waals surface area (Å²) in [5, 5.41) is 7.24. The van der Waals surface area contributed by atoms with Crippen molar-refractivity contribution in [2.45, 2.75) is 26.4 Å². The van der Waals surface area contributed by atoms with Crippen molar-refractivity contribution in [2.24, 2.45) is 0 Å². The van der Waals surface area contributed by atoms with Crippen LogP contribution in [0, 0.1) is 25.5 Å². The molecule has 0 spiro atoms. The van der Waals surface area contributed by atoms with E-state index in [0.29, 0.717) is 48.9 Å². The number of aryl methyl sites for hydroxylation is 2. The summed E-state index contributed by atoms with van der Waals surface area (Å²) in [6, 6.07) is 5.26. The summed E-state index contributed by atoms with van der Waals surface area (Å²) in [7, 11) is 0. The van der Waals surface area contributed by atoms with Crippen LogP contribution in [0.2, 0.25) is 0 Å². The lowest BCUT2D eigenvalue weighted by Crippen LogP contribution is -2.42. The van der Waals surface area contributed by atoms with E-state index < -0.39 is 11.6 Å². The van der Waals surface area contributed by atoms with Gasteiger partial charge < -0.3 is 14.4 Å². The number of H-pyrrole nitrogens is 1. The second kappa shape index (κ2) is 9.39. The minimum atomic E-state index is -0.952. The second-order valence-electron chi connectivity index (χ2n) is 7.52. The summed E-state index contributed by atoms with van der Waals surface area (Å²) in [5.41, 5.74) is 2.61. The van der Waals surface area contributed by atoms with Crippen molar-refractivity contribution >= 4 is 5.91 Å². The first-order valence-corrected chi connectivity index (χ1v) is 10.2. The molecule has 4 rings (SSSR count). The molecule has 1 aromatic carbocycles. The van der Waals surface area contributed by atoms with Crippen LogP contribution in [0.1, 0.15) is 39.4 Å². The third-order valence-electron chi connectivity index (χ3n) is 5.20. The summed E-state index contributed by atoms with van der Waals surface area (Å²) in [5.74, 6) is -1.13. The van der Waals surface area contributed by atoms with E-state index in [1.165, 1.54) is 6.07 Å². The SMILES string of the molecule is Cc1ncc(C(=O)N2CCOC(c3cc(CCOc4ccc(F)c(F)c4)[nH]n3)C2)c(C)n1. The van der Waals surface area contributed by atoms with Crippen molar-refractivity contribution in [1.29, 1.82) is 0 Å². The van der Waals surface area contributed by atoms with Crippen LogP contribution in [0.4, 0.5) is 8.78 Å². The maximum atomic E-state index is 13.3. The zero-order chi connectivity index (χ0) is 22.7. The van der Waals surface area contributed by atoms with E-state index in [2.05, 4.69) is 20.2 Å². The van der Waals surface area contributed by atoms with Gasteiger partial charge in [-0.25, -0.2) is 18.7 Å². The summed E-state index contributed by atoms with van der Waals surface area (Å²) < 4.78 is 37.5. The molecule has 1 aliphatic heterocycles. The first-order chi connectivity index (χ1) is 15.4. The summed E-state index contributed by atoms with van der Waals surface area (Å²) in [6.45, 7) is 5.06. The van der Waals surface area contributed by atoms with E-state index in [0.717, 1.165) is 17.8 Å². The second-order valence-corrected chi connectivity index (χ2v) is 7.52. The topological polar surface area (TPSA) is 93.2 Å². The highest BCUT2D eigenvalue weighted by Gasteiger charge is 2.28. The number of carbonyl (C=O) groups excluding carboxylic acids is 1. The monoisotopic (exact) mass is 443 g/mol. The highest BCUT2D eigenvalue weighted by Crippen LogP contribution is 2.23. The molecule has 3 heterocycles. The average molecular weight is 443 g/mol. The lowest BCUT2D eigenvalue weighted by Gasteiger charge is -2.32. The van der Waals surface area contributed by atoms with E-state index in [1.54, 1.807) is 24.9 Å². The summed E-state index contributed by atoms with van der Waals surface area (Å²) in [4.78, 5) is 23.1. The number of amides is 1. The number of carbonyl (C=O) groups is 1. The smallest absolute Gasteiger partial charge is 0.257 e. The van der Waals surface area contributed by atoms with E-state index in [4.69, 9.17) is 9.47 Å². The summed E-state index contributed by atoms with van der Waals surface area (Å²) >= 11 is 0. The number of aromatic amines is 1. The van der Waals surface area contributed by atoms with Crippen LogP contribution < -0.4 is 4.74 Å². The van der Waals surface area contributed by atoms with E-state index in [-0.39, 0.29) is 24.4 Å². The van der Waals surface area contributed by atoms with Crippen molar-refractivity contribution in [3.63, 3.8) is 0 Å². The van der Waals surface area contributed by atoms with Crippen molar-refractivity contribution in [2.75, 3.05) is 26.3 Å². The molecule has 1 atom stereocenters. The molecular weight excluding hydrogens is 420 g/mol. The lowest BCUT2D eigenvalue weighted by atomic mass is 10.1. The molecule has 0 aliphatic carbocycles. The van der Waals surface area contributed by atoms with Crippen LogP contribution in [0.5, 0.6) is 5.75 Å². The van der Waals surface area contributed by atoms with Gasteiger partial charge in [0.25, 0.3) is 5.91 Å². The Bertz CT molecular complexity index is 1120. The van der Waals surface area contributed by atoms with Gasteiger partial charge in [0.05, 0.1) is 36.7 Å². The van der Waals surface area contributed by atoms with Crippen molar-refractivity contribution in [3.05, 3.63) is 70.6 Å². The van der Waals surface area contributed by atoms with Crippen LogP contribution in [-0.4, -0.2) is 57.3 Å². The predicted molar refractivity (Wildman–Crippen MR) is 110 cm³/mol. The molecule has 0 bridgehead atoms. The molecule has 0 saturated carbocycles. The quantitative estimate of drug-likeness (QED) is 0.630. The number of benzene rings is 1. The van der Waals surface area contributed by atoms with Gasteiger partial charge in [0.15, 0.2) is 11.6 Å². The molecule has 1 unspecified atom stereocenters. The van der Waals surface area contributed by atoms with E-state index in [1.807, 2.05) is 6.07 Å². The number of rotatable bonds is 6. The van der Waals surface area contributed by atoms with E-state index in [9.17, 15) is 13.6 Å². The third-order valence-corrected chi connectivity index (χ3v) is 5.20. The van der Waals surface area contributed by atoms with Gasteiger partial charge in [-0.2, -0.15) is 5.10 Å². The van der Waals surface area contributed by atoms with Crippen LogP contribution in [0.3, 0.4) is 0 Å². The fourth-order valence-electron chi connectivity index (χ4n) is 3.49. The Morgan fingerprint density at radius 2 is 2.12 bits per heavy atom. The molecule has 1 fully saturated rings. The van der Waals surface area contributed by atoms with Gasteiger partial charge in [0, 0.05) is 30.9 Å². The molecule has 1 amide bonds. The van der Waals surface area contributed by atoms with Crippen LogP contribution in [-0.2, 0) is 11.2 Å². The minimum absolute atomic E-state index is 0.133. The van der Waals surface area contributed by atoms with Gasteiger partial charge in [0.1, 0.15) is 17.7 Å². The molecule has 0 radical (unpaired) electrons. The van der Waals surface area contributed by atoms with Gasteiger partial charge >= 0.3 is 0 Å². The number of halogens is 2. The number of nitrogens with zero attached hydrogens (tertiary/aromatic N) is 4. The largest absolute Gasteiger partial charge is 0.493 e. The normalized spacial score (nSPS) is 16.2. The predicted octanol–water partition coefficient (Wildman–Crippen LogP) is 2.93. The molecule has 8 nitrogen and oxygen atoms in total. The van der Waals surface area contributed by atoms with Crippen LogP contribution >= 0.6 is 0 Å². The number of morpholine rings is 1. The maximum absolute atomic E-state index is 13.3. The fourth-order valence-corrected chi connectivity index (χ4v) is 3.49. The summed E-state index contributed by atoms with van der Waals surface area (Å²) in [6.07, 6.45) is 1.68. The third kappa shape index (κ3) is 4.91. The molecule has 168 valence electrons. The Balaban J connectivity index is 1.35. The molecule has 32 heavy (non-hydrogen) atoms. The average Bonchev–Trinajstić information content (AvgIpc) is 3.25. The molecule has 2 aromatic heterocycles. The standard InChI is InChI=1S/C22H23F2N5O3/c1-13-17(11-25-14(2)26-13)22(30)29-6-8-32-21(12-29)20-9-15(27-28-20)5-7-31-16-3-4-18(23)19(24)10-16/h3-4,9-11,21H,5-8,12H2,1-2H3,(H,27,28). The number of ether oxygens (including phenoxy) is 2. The van der Waals surface area contributed by atoms with Crippen LogP contribution in [0.25, 0.3) is 0 Å². The van der Waals surface area contributed by atoms with Crippen molar-refractivity contribution < 1.29 is 23.0 Å². The van der Waals surface area contributed by atoms with Gasteiger partial charge in [-0.05, 0) is 32.0 Å². The molecule has 3 aromatic rings. The Kier molecular flexibility index (Phi) is 6.40. The van der Waals surface area contributed by atoms with Crippen molar-refractivity contribution in [1.82, 2.24) is 25.1 Å². The minimum Gasteiger partial charge on any atom is -0.493 e. The molecule has 10 heteroatoms. The maximum Gasteiger partial charge on any atom is 0.257 e. The van der Waals surface area contributed by atoms with Gasteiger partial charge in [-0.15, -0.1) is 0 Å². The Morgan fingerprint density at radius 1 is 1.28 bits per heavy atom. The van der Waals surface area contributed by atoms with E-state index >= 15 is 0 Å². The fraction of sp³-hybridized carbons (Fsp3) is 0.364. The Morgan fingerprint density at radius 3 is 2.91 bits per heavy atom. The number of nitrogens with one attached hydrogen (secondary N) is 1. The number of hydrogen-bond donors (Lipinski definition) is 1. The van der Waals surface area contributed by atoms with Gasteiger partial charge in [0.2, 0.25) is 0 Å². The van der Waals surface area contributed by atoms with Gasteiger partial charge in [-0.1, -0.05) is 0 Å². The molecular formula is C22H23F2N5O3. The number of aromatic nitrogens is 4. The Hall–Kier alpha value is -3.40. The van der Waals surface area contributed by atoms with Crippen molar-refractivity contribution in [3.8, 4) is 5.75 Å². The molecule has 1 saturated heterocycles. The first-order valence-electron chi connectivity index (χ1n) is 10.2. The first kappa shape index (κ1) is 21.8. The zero-order valence-corrected chi connectivity index (χ0v) is 17.8. The molecule has 1 N–H and O–H groups in total. The Labute approximate surface area is 183 Å². The zero-order valence-electron chi connectivity index (χ0n) is 17.8. The van der Waals surface area contributed by atoms with Gasteiger partial charge in [-0.3, -0.25) is 9.89 Å². The highest BCUT2D eigenvalue weighted by molar-refractivity contribution is 5.95. The number of hydrogen-bond acceptors (Lipinski definition) is 6.